The number of hydrogen-bond donors (Lipinski definition) is 1. The summed E-state index contributed by atoms with van der Waals surface area (Å²) < 4.78 is 11.3. The Balaban J connectivity index is 1.37. The summed E-state index contributed by atoms with van der Waals surface area (Å²) in [6, 6.07) is 16.0. The second-order valence-corrected chi connectivity index (χ2v) is 8.65. The van der Waals surface area contributed by atoms with Crippen molar-refractivity contribution in [3.63, 3.8) is 0 Å². The summed E-state index contributed by atoms with van der Waals surface area (Å²) in [4.78, 5) is 17.6. The first-order valence-electron chi connectivity index (χ1n) is 11.2. The van der Waals surface area contributed by atoms with E-state index >= 15 is 0 Å². The van der Waals surface area contributed by atoms with Crippen molar-refractivity contribution < 1.29 is 14.3 Å². The topological polar surface area (TPSA) is 54.0 Å². The summed E-state index contributed by atoms with van der Waals surface area (Å²) in [5.74, 6) is -0.0744. The Bertz CT molecular complexity index is 855. The summed E-state index contributed by atoms with van der Waals surface area (Å²) >= 11 is 0. The third kappa shape index (κ3) is 6.14. The van der Waals surface area contributed by atoms with E-state index in [1.807, 2.05) is 30.3 Å². The number of carbonyl (C=O) groups is 1. The van der Waals surface area contributed by atoms with Crippen molar-refractivity contribution in [2.45, 2.75) is 39.1 Å². The van der Waals surface area contributed by atoms with E-state index in [0.717, 1.165) is 63.7 Å². The minimum Gasteiger partial charge on any atom is -0.379 e. The van der Waals surface area contributed by atoms with Crippen LogP contribution in [-0.4, -0.2) is 67.3 Å². The maximum absolute atomic E-state index is 12.9. The van der Waals surface area contributed by atoms with Crippen LogP contribution in [0.1, 0.15) is 35.3 Å². The van der Waals surface area contributed by atoms with Crippen molar-refractivity contribution in [3.8, 4) is 0 Å². The van der Waals surface area contributed by atoms with Gasteiger partial charge >= 0.3 is 0 Å². The monoisotopic (exact) mass is 423 g/mol. The van der Waals surface area contributed by atoms with Gasteiger partial charge in [0.2, 0.25) is 0 Å². The Hall–Kier alpha value is -2.25. The zero-order valence-corrected chi connectivity index (χ0v) is 18.5. The van der Waals surface area contributed by atoms with E-state index in [9.17, 15) is 4.79 Å². The molecule has 0 aromatic heterocycles. The third-order valence-corrected chi connectivity index (χ3v) is 5.88. The summed E-state index contributed by atoms with van der Waals surface area (Å²) in [5, 5.41) is 3.11. The van der Waals surface area contributed by atoms with E-state index in [1.165, 1.54) is 5.56 Å². The third-order valence-electron chi connectivity index (χ3n) is 5.88. The molecule has 2 fully saturated rings. The zero-order chi connectivity index (χ0) is 21.6. The van der Waals surface area contributed by atoms with Crippen molar-refractivity contribution in [2.75, 3.05) is 44.7 Å². The molecule has 4 rings (SSSR count). The van der Waals surface area contributed by atoms with Gasteiger partial charge in [-0.2, -0.15) is 0 Å². The number of carbonyl (C=O) groups excluding carboxylic acids is 1. The minimum absolute atomic E-state index is 0.0744. The van der Waals surface area contributed by atoms with Gasteiger partial charge < -0.3 is 14.8 Å². The van der Waals surface area contributed by atoms with Crippen molar-refractivity contribution >= 4 is 11.6 Å². The zero-order valence-electron chi connectivity index (χ0n) is 18.5. The van der Waals surface area contributed by atoms with E-state index < -0.39 is 0 Å². The molecular formula is C25H33N3O3. The predicted octanol–water partition coefficient (Wildman–Crippen LogP) is 3.38. The summed E-state index contributed by atoms with van der Waals surface area (Å²) in [7, 11) is 0. The lowest BCUT2D eigenvalue weighted by atomic mass is 10.1. The summed E-state index contributed by atoms with van der Waals surface area (Å²) in [6.07, 6.45) is 0.512. The van der Waals surface area contributed by atoms with Crippen LogP contribution < -0.4 is 5.32 Å². The van der Waals surface area contributed by atoms with E-state index in [-0.39, 0.29) is 18.1 Å². The van der Waals surface area contributed by atoms with Crippen LogP contribution in [0.15, 0.2) is 48.5 Å². The highest BCUT2D eigenvalue weighted by Gasteiger charge is 2.22. The van der Waals surface area contributed by atoms with Crippen LogP contribution in [0, 0.1) is 0 Å². The Kier molecular flexibility index (Phi) is 7.35. The normalized spacial score (nSPS) is 22.9. The first-order chi connectivity index (χ1) is 15.1. The number of amides is 1. The second-order valence-electron chi connectivity index (χ2n) is 8.65. The molecule has 1 amide bonds. The maximum Gasteiger partial charge on any atom is 0.255 e. The fourth-order valence-corrected chi connectivity index (χ4v) is 4.41. The maximum atomic E-state index is 12.9. The van der Waals surface area contributed by atoms with Crippen molar-refractivity contribution in [2.24, 2.45) is 0 Å². The highest BCUT2D eigenvalue weighted by molar-refractivity contribution is 6.04. The Labute approximate surface area is 185 Å². The molecule has 6 heteroatoms. The van der Waals surface area contributed by atoms with Crippen LogP contribution in [0.5, 0.6) is 0 Å². The minimum atomic E-state index is -0.0744. The lowest BCUT2D eigenvalue weighted by Crippen LogP contribution is -2.44. The molecule has 2 heterocycles. The fourth-order valence-electron chi connectivity index (χ4n) is 4.41. The molecule has 2 atom stereocenters. The molecule has 2 saturated heterocycles. The number of nitrogens with one attached hydrogen (secondary N) is 1. The standard InChI is InChI=1S/C25H33N3O3/c1-19-15-28(16-20(2)31-19)17-21-7-9-22(10-8-21)25(29)26-24-6-4-3-5-23(24)18-27-11-13-30-14-12-27/h3-10,19-20H,11-18H2,1-2H3,(H,26,29). The molecule has 31 heavy (non-hydrogen) atoms. The Morgan fingerprint density at radius 1 is 0.935 bits per heavy atom. The molecular weight excluding hydrogens is 390 g/mol. The largest absolute Gasteiger partial charge is 0.379 e. The molecule has 0 bridgehead atoms. The van der Waals surface area contributed by atoms with Gasteiger partial charge in [-0.15, -0.1) is 0 Å². The van der Waals surface area contributed by atoms with Gasteiger partial charge in [-0.05, 0) is 43.2 Å². The molecule has 2 unspecified atom stereocenters. The second kappa shape index (κ2) is 10.4. The van der Waals surface area contributed by atoms with Crippen LogP contribution in [0.3, 0.4) is 0 Å². The molecule has 0 spiro atoms. The van der Waals surface area contributed by atoms with Crippen molar-refractivity contribution in [1.29, 1.82) is 0 Å². The molecule has 0 saturated carbocycles. The van der Waals surface area contributed by atoms with Crippen molar-refractivity contribution in [3.05, 3.63) is 65.2 Å². The lowest BCUT2D eigenvalue weighted by molar-refractivity contribution is -0.0704. The smallest absolute Gasteiger partial charge is 0.255 e. The number of benzene rings is 2. The van der Waals surface area contributed by atoms with Crippen molar-refractivity contribution in [1.82, 2.24) is 9.80 Å². The summed E-state index contributed by atoms with van der Waals surface area (Å²) in [6.45, 7) is 11.2. The molecule has 0 radical (unpaired) electrons. The predicted molar refractivity (Wildman–Crippen MR) is 122 cm³/mol. The number of hydrogen-bond acceptors (Lipinski definition) is 5. The van der Waals surface area contributed by atoms with Crippen LogP contribution in [0.25, 0.3) is 0 Å². The number of nitrogens with zero attached hydrogens (tertiary/aromatic N) is 2. The quantitative estimate of drug-likeness (QED) is 0.772. The Morgan fingerprint density at radius 3 is 2.32 bits per heavy atom. The number of ether oxygens (including phenoxy) is 2. The molecule has 0 aliphatic carbocycles. The average molecular weight is 424 g/mol. The van der Waals surface area contributed by atoms with Gasteiger partial charge in [0.1, 0.15) is 0 Å². The first-order valence-corrected chi connectivity index (χ1v) is 11.2. The van der Waals surface area contributed by atoms with E-state index in [1.54, 1.807) is 0 Å². The van der Waals surface area contributed by atoms with Gasteiger partial charge in [-0.25, -0.2) is 0 Å². The molecule has 6 nitrogen and oxygen atoms in total. The summed E-state index contributed by atoms with van der Waals surface area (Å²) in [5.41, 5.74) is 3.89. The molecule has 2 aromatic carbocycles. The van der Waals surface area contributed by atoms with Crippen LogP contribution in [-0.2, 0) is 22.6 Å². The number of morpholine rings is 2. The fraction of sp³-hybridized carbons (Fsp3) is 0.480. The SMILES string of the molecule is CC1CN(Cc2ccc(C(=O)Nc3ccccc3CN3CCOCC3)cc2)CC(C)O1. The Morgan fingerprint density at radius 2 is 1.61 bits per heavy atom. The highest BCUT2D eigenvalue weighted by Crippen LogP contribution is 2.20. The number of anilines is 1. The molecule has 166 valence electrons. The molecule has 2 aliphatic rings. The van der Waals surface area contributed by atoms with E-state index in [2.05, 4.69) is 47.2 Å². The van der Waals surface area contributed by atoms with Crippen LogP contribution >= 0.6 is 0 Å². The molecule has 2 aliphatic heterocycles. The molecule has 1 N–H and O–H groups in total. The average Bonchev–Trinajstić information content (AvgIpc) is 2.75. The van der Waals surface area contributed by atoms with Crippen LogP contribution in [0.4, 0.5) is 5.69 Å². The number of rotatable bonds is 6. The van der Waals surface area contributed by atoms with Gasteiger partial charge in [-0.3, -0.25) is 14.6 Å². The van der Waals surface area contributed by atoms with Gasteiger partial charge in [0.05, 0.1) is 25.4 Å². The first kappa shape index (κ1) is 22.0. The van der Waals surface area contributed by atoms with E-state index in [0.29, 0.717) is 5.56 Å². The van der Waals surface area contributed by atoms with E-state index in [4.69, 9.17) is 9.47 Å². The lowest BCUT2D eigenvalue weighted by Gasteiger charge is -2.35. The van der Waals surface area contributed by atoms with Gasteiger partial charge in [0.15, 0.2) is 0 Å². The van der Waals surface area contributed by atoms with Gasteiger partial charge in [0.25, 0.3) is 5.91 Å². The van der Waals surface area contributed by atoms with Gasteiger partial charge in [0, 0.05) is 50.5 Å². The highest BCUT2D eigenvalue weighted by atomic mass is 16.5. The molecule has 2 aromatic rings. The van der Waals surface area contributed by atoms with Gasteiger partial charge in [-0.1, -0.05) is 30.3 Å². The van der Waals surface area contributed by atoms with Crippen LogP contribution in [0.2, 0.25) is 0 Å². The number of para-hydroxylation sites is 1.